The molecule has 1 aromatic rings. The van der Waals surface area contributed by atoms with Crippen molar-refractivity contribution in [3.05, 3.63) is 23.4 Å². The Morgan fingerprint density at radius 1 is 1.35 bits per heavy atom. The highest BCUT2D eigenvalue weighted by atomic mass is 19.4. The van der Waals surface area contributed by atoms with Crippen LogP contribution in [0.4, 0.5) is 24.8 Å². The van der Waals surface area contributed by atoms with Crippen LogP contribution in [0.2, 0.25) is 0 Å². The predicted molar refractivity (Wildman–Crippen MR) is 83.6 cm³/mol. The van der Waals surface area contributed by atoms with Gasteiger partial charge in [-0.05, 0) is 38.5 Å². The molecule has 1 aromatic heterocycles. The molecule has 0 fully saturated rings. The molecule has 1 unspecified atom stereocenters. The van der Waals surface area contributed by atoms with Crippen LogP contribution in [0.5, 0.6) is 0 Å². The summed E-state index contributed by atoms with van der Waals surface area (Å²) in [5.41, 5.74) is 5.65. The van der Waals surface area contributed by atoms with Crippen LogP contribution in [0, 0.1) is 0 Å². The van der Waals surface area contributed by atoms with Gasteiger partial charge in [0.1, 0.15) is 11.6 Å². The summed E-state index contributed by atoms with van der Waals surface area (Å²) in [4.78, 5) is 5.14. The number of aliphatic hydroxyl groups excluding tert-OH is 1. The van der Waals surface area contributed by atoms with Crippen LogP contribution in [0.1, 0.15) is 37.9 Å². The fraction of sp³-hybridized carbons (Fsp3) is 0.533. The summed E-state index contributed by atoms with van der Waals surface area (Å²) < 4.78 is 41.0. The molecule has 1 atom stereocenters. The second kappa shape index (κ2) is 5.92. The number of rotatable bonds is 3. The third kappa shape index (κ3) is 3.87. The summed E-state index contributed by atoms with van der Waals surface area (Å²) in [6, 6.07) is -0.457. The van der Waals surface area contributed by atoms with E-state index in [1.54, 1.807) is 6.08 Å². The number of nitrogen functional groups attached to an aromatic ring is 1. The van der Waals surface area contributed by atoms with E-state index in [0.717, 1.165) is 4.90 Å². The van der Waals surface area contributed by atoms with Gasteiger partial charge in [0.05, 0.1) is 6.61 Å². The van der Waals surface area contributed by atoms with Gasteiger partial charge >= 0.3 is 6.18 Å². The Kier molecular flexibility index (Phi) is 4.48. The number of halogens is 3. The minimum atomic E-state index is -4.51. The third-order valence-corrected chi connectivity index (χ3v) is 3.32. The molecule has 128 valence electrons. The van der Waals surface area contributed by atoms with Crippen molar-refractivity contribution in [2.45, 2.75) is 38.5 Å². The summed E-state index contributed by atoms with van der Waals surface area (Å²) in [5, 5.41) is 12.1. The number of alkyl halides is 3. The zero-order valence-corrected chi connectivity index (χ0v) is 13.3. The number of nitrogens with two attached hydrogens (primary N) is 1. The minimum absolute atomic E-state index is 0.0255. The highest BCUT2D eigenvalue weighted by molar-refractivity contribution is 5.68. The molecule has 0 radical (unpaired) electrons. The molecule has 8 heteroatoms. The van der Waals surface area contributed by atoms with E-state index in [4.69, 9.17) is 10.8 Å². The van der Waals surface area contributed by atoms with Crippen molar-refractivity contribution in [3.63, 3.8) is 0 Å². The fourth-order valence-corrected chi connectivity index (χ4v) is 2.57. The van der Waals surface area contributed by atoms with Gasteiger partial charge in [-0.1, -0.05) is 0 Å². The standard InChI is InChI=1S/C15H21F3N4O/c1-14(2,3)21-13-11-9(8-10(19)20-13)4-5-22(6-7-23)12(11)15(16,17)18/h4-5,8,12,23H,6-7H2,1-3H3,(H3,19,20,21). The molecule has 2 rings (SSSR count). The summed E-state index contributed by atoms with van der Waals surface area (Å²) in [6.45, 7) is 4.99. The number of nitrogens with zero attached hydrogens (tertiary/aromatic N) is 2. The monoisotopic (exact) mass is 330 g/mol. The average Bonchev–Trinajstić information content (AvgIpc) is 2.35. The predicted octanol–water partition coefficient (Wildman–Crippen LogP) is 2.76. The van der Waals surface area contributed by atoms with E-state index < -0.39 is 17.8 Å². The van der Waals surface area contributed by atoms with E-state index in [1.165, 1.54) is 12.3 Å². The quantitative estimate of drug-likeness (QED) is 0.795. The molecule has 0 amide bonds. The van der Waals surface area contributed by atoms with Gasteiger partial charge in [-0.15, -0.1) is 0 Å². The van der Waals surface area contributed by atoms with Crippen molar-refractivity contribution in [1.29, 1.82) is 0 Å². The molecule has 0 aromatic carbocycles. The molecule has 0 saturated carbocycles. The van der Waals surface area contributed by atoms with Crippen molar-refractivity contribution in [2.24, 2.45) is 0 Å². The van der Waals surface area contributed by atoms with Crippen molar-refractivity contribution < 1.29 is 18.3 Å². The maximum atomic E-state index is 13.7. The molecule has 0 spiro atoms. The largest absolute Gasteiger partial charge is 0.413 e. The summed E-state index contributed by atoms with van der Waals surface area (Å²) in [5.74, 6) is 0.263. The van der Waals surface area contributed by atoms with E-state index in [9.17, 15) is 13.2 Å². The molecule has 4 N–H and O–H groups in total. The average molecular weight is 330 g/mol. The Morgan fingerprint density at radius 3 is 2.52 bits per heavy atom. The number of hydrogen-bond acceptors (Lipinski definition) is 5. The highest BCUT2D eigenvalue weighted by Crippen LogP contribution is 2.45. The van der Waals surface area contributed by atoms with Crippen LogP contribution < -0.4 is 11.1 Å². The lowest BCUT2D eigenvalue weighted by atomic mass is 9.95. The summed E-state index contributed by atoms with van der Waals surface area (Å²) >= 11 is 0. The Morgan fingerprint density at radius 2 is 2.00 bits per heavy atom. The maximum absolute atomic E-state index is 13.7. The van der Waals surface area contributed by atoms with E-state index in [2.05, 4.69) is 10.3 Å². The van der Waals surface area contributed by atoms with E-state index in [0.29, 0.717) is 5.56 Å². The number of anilines is 2. The van der Waals surface area contributed by atoms with Crippen molar-refractivity contribution in [1.82, 2.24) is 9.88 Å². The van der Waals surface area contributed by atoms with Gasteiger partial charge in [0, 0.05) is 23.8 Å². The lowest BCUT2D eigenvalue weighted by Gasteiger charge is -2.37. The van der Waals surface area contributed by atoms with Crippen molar-refractivity contribution >= 4 is 17.7 Å². The zero-order valence-electron chi connectivity index (χ0n) is 13.3. The molecule has 0 aliphatic carbocycles. The molecule has 1 aliphatic rings. The first-order chi connectivity index (χ1) is 10.5. The van der Waals surface area contributed by atoms with Gasteiger partial charge in [0.25, 0.3) is 0 Å². The first-order valence-corrected chi connectivity index (χ1v) is 7.23. The molecule has 1 aliphatic heterocycles. The van der Waals surface area contributed by atoms with Crippen LogP contribution in [-0.2, 0) is 0 Å². The second-order valence-corrected chi connectivity index (χ2v) is 6.49. The maximum Gasteiger partial charge on any atom is 0.413 e. The second-order valence-electron chi connectivity index (χ2n) is 6.49. The number of hydrogen-bond donors (Lipinski definition) is 3. The smallest absolute Gasteiger partial charge is 0.395 e. The Balaban J connectivity index is 2.62. The highest BCUT2D eigenvalue weighted by Gasteiger charge is 2.47. The van der Waals surface area contributed by atoms with Crippen LogP contribution in [0.3, 0.4) is 0 Å². The first-order valence-electron chi connectivity index (χ1n) is 7.23. The third-order valence-electron chi connectivity index (χ3n) is 3.32. The molecular formula is C15H21F3N4O. The summed E-state index contributed by atoms with van der Waals surface area (Å²) in [7, 11) is 0. The first kappa shape index (κ1) is 17.4. The molecule has 2 heterocycles. The summed E-state index contributed by atoms with van der Waals surface area (Å²) in [6.07, 6.45) is -1.63. The number of fused-ring (bicyclic) bond motifs is 1. The number of pyridine rings is 1. The van der Waals surface area contributed by atoms with Crippen molar-refractivity contribution in [2.75, 3.05) is 24.2 Å². The number of nitrogens with one attached hydrogen (secondary N) is 1. The zero-order chi connectivity index (χ0) is 17.4. The molecule has 0 saturated heterocycles. The van der Waals surface area contributed by atoms with Gasteiger partial charge in [0.2, 0.25) is 0 Å². The van der Waals surface area contributed by atoms with Crippen LogP contribution in [-0.4, -0.2) is 39.9 Å². The number of β-amino-alcohol motifs (C(OH)–C–C–N with tert-alkyl or cyclic N) is 1. The lowest BCUT2D eigenvalue weighted by molar-refractivity contribution is -0.180. The number of aliphatic hydroxyl groups is 1. The lowest BCUT2D eigenvalue weighted by Crippen LogP contribution is -2.40. The number of aromatic nitrogens is 1. The molecule has 23 heavy (non-hydrogen) atoms. The van der Waals surface area contributed by atoms with Gasteiger partial charge in [-0.25, -0.2) is 4.98 Å². The normalized spacial score (nSPS) is 18.0. The van der Waals surface area contributed by atoms with E-state index in [1.807, 2.05) is 20.8 Å². The Labute approximate surface area is 133 Å². The van der Waals surface area contributed by atoms with Gasteiger partial charge in [-0.2, -0.15) is 13.2 Å². The van der Waals surface area contributed by atoms with E-state index >= 15 is 0 Å². The van der Waals surface area contributed by atoms with Gasteiger partial charge in [-0.3, -0.25) is 0 Å². The van der Waals surface area contributed by atoms with Crippen molar-refractivity contribution in [3.8, 4) is 0 Å². The van der Waals surface area contributed by atoms with Gasteiger partial charge < -0.3 is 21.1 Å². The SMILES string of the molecule is CC(C)(C)Nc1nc(N)cc2c1C(C(F)(F)F)N(CCO)C=C2. The Hall–Kier alpha value is -1.96. The van der Waals surface area contributed by atoms with Crippen LogP contribution in [0.15, 0.2) is 12.3 Å². The Bertz CT molecular complexity index is 608. The van der Waals surface area contributed by atoms with E-state index in [-0.39, 0.29) is 30.4 Å². The molecular weight excluding hydrogens is 309 g/mol. The molecule has 5 nitrogen and oxygen atoms in total. The molecule has 0 bridgehead atoms. The van der Waals surface area contributed by atoms with Crippen LogP contribution >= 0.6 is 0 Å². The van der Waals surface area contributed by atoms with Gasteiger partial charge in [0.15, 0.2) is 6.04 Å². The minimum Gasteiger partial charge on any atom is -0.395 e. The fourth-order valence-electron chi connectivity index (χ4n) is 2.57. The topological polar surface area (TPSA) is 74.4 Å². The van der Waals surface area contributed by atoms with Crippen LogP contribution in [0.25, 0.3) is 6.08 Å².